The Bertz CT molecular complexity index is 1250. The molecule has 6 rings (SSSR count). The summed E-state index contributed by atoms with van der Waals surface area (Å²) in [6, 6.07) is 4.98. The fraction of sp³-hybridized carbons (Fsp3) is 0.409. The third-order valence-corrected chi connectivity index (χ3v) is 6.13. The lowest BCUT2D eigenvalue weighted by Crippen LogP contribution is -2.70. The number of amides is 1. The Balaban J connectivity index is 1.57. The number of fused-ring (bicyclic) bond motifs is 3. The van der Waals surface area contributed by atoms with Crippen LogP contribution in [0.5, 0.6) is 5.75 Å². The number of ether oxygens (including phenoxy) is 1. The van der Waals surface area contributed by atoms with Crippen LogP contribution in [0.3, 0.4) is 0 Å². The number of piperidine rings is 1. The Morgan fingerprint density at radius 1 is 1.21 bits per heavy atom. The molecule has 2 N–H and O–H groups in total. The van der Waals surface area contributed by atoms with Gasteiger partial charge in [-0.15, -0.1) is 0 Å². The zero-order chi connectivity index (χ0) is 24.4. The third kappa shape index (κ3) is 3.58. The highest BCUT2D eigenvalue weighted by atomic mass is 19.3. The minimum absolute atomic E-state index is 0.0307. The van der Waals surface area contributed by atoms with Crippen molar-refractivity contribution in [2.24, 2.45) is 0 Å². The molecular weight excluding hydrogens is 457 g/mol. The maximum absolute atomic E-state index is 14.5. The van der Waals surface area contributed by atoms with Gasteiger partial charge in [0, 0.05) is 18.7 Å². The van der Waals surface area contributed by atoms with Gasteiger partial charge in [-0.25, -0.2) is 9.18 Å². The number of rotatable bonds is 5. The second-order valence-electron chi connectivity index (χ2n) is 8.96. The number of hydrogen-bond donors (Lipinski definition) is 2. The first kappa shape index (κ1) is 22.3. The highest BCUT2D eigenvalue weighted by Crippen LogP contribution is 2.41. The fourth-order valence-corrected chi connectivity index (χ4v) is 4.27. The van der Waals surface area contributed by atoms with Gasteiger partial charge in [-0.3, -0.25) is 9.88 Å². The monoisotopic (exact) mass is 478 g/mol. The number of oxazole rings is 1. The van der Waals surface area contributed by atoms with E-state index in [4.69, 9.17) is 9.15 Å². The molecule has 3 aromatic rings. The van der Waals surface area contributed by atoms with Crippen molar-refractivity contribution < 1.29 is 37.3 Å². The minimum atomic E-state index is -3.94. The van der Waals surface area contributed by atoms with Crippen LogP contribution in [-0.4, -0.2) is 68.1 Å². The average Bonchev–Trinajstić information content (AvgIpc) is 3.19. The maximum Gasteiger partial charge on any atom is 0.426 e. The standard InChI is InChI=1S/C22H21F3N4O5/c1-21(2,32)22(24,25)34-16-6-4-14(15-5-3-11(23)8-26-15)18-17(16)27-19(33-18)28-9-12-7-13(10-28)29(12)20(30)31/h3-6,8,12-13,32H,7,9-10H2,1-2H3,(H,30,31). The largest absolute Gasteiger partial charge is 0.465 e. The van der Waals surface area contributed by atoms with Crippen LogP contribution in [0, 0.1) is 5.82 Å². The molecule has 3 saturated heterocycles. The van der Waals surface area contributed by atoms with Gasteiger partial charge >= 0.3 is 12.2 Å². The van der Waals surface area contributed by atoms with Crippen LogP contribution in [0.1, 0.15) is 20.3 Å². The molecule has 9 nitrogen and oxygen atoms in total. The minimum Gasteiger partial charge on any atom is -0.465 e. The van der Waals surface area contributed by atoms with Gasteiger partial charge in [0.2, 0.25) is 0 Å². The van der Waals surface area contributed by atoms with Gasteiger partial charge in [0.25, 0.3) is 6.01 Å². The van der Waals surface area contributed by atoms with Gasteiger partial charge in [-0.2, -0.15) is 13.8 Å². The van der Waals surface area contributed by atoms with Crippen molar-refractivity contribution in [3.63, 3.8) is 0 Å². The molecule has 12 heteroatoms. The van der Waals surface area contributed by atoms with Crippen molar-refractivity contribution in [3.8, 4) is 17.0 Å². The van der Waals surface area contributed by atoms with Crippen molar-refractivity contribution in [1.29, 1.82) is 0 Å². The van der Waals surface area contributed by atoms with Crippen molar-refractivity contribution in [1.82, 2.24) is 14.9 Å². The first-order valence-electron chi connectivity index (χ1n) is 10.6. The molecule has 3 aliphatic rings. The smallest absolute Gasteiger partial charge is 0.426 e. The number of hydrogen-bond acceptors (Lipinski definition) is 7. The number of benzene rings is 1. The Hall–Kier alpha value is -3.54. The third-order valence-electron chi connectivity index (χ3n) is 6.13. The van der Waals surface area contributed by atoms with E-state index in [1.807, 2.05) is 0 Å². The van der Waals surface area contributed by atoms with E-state index in [-0.39, 0.29) is 34.9 Å². The highest BCUT2D eigenvalue weighted by Gasteiger charge is 2.50. The van der Waals surface area contributed by atoms with Crippen LogP contribution in [0.25, 0.3) is 22.4 Å². The molecular formula is C22H21F3N4O5. The van der Waals surface area contributed by atoms with E-state index in [1.165, 1.54) is 29.2 Å². The van der Waals surface area contributed by atoms with Gasteiger partial charge in [0.05, 0.1) is 24.0 Å². The molecule has 34 heavy (non-hydrogen) atoms. The predicted octanol–water partition coefficient (Wildman–Crippen LogP) is 3.71. The quantitative estimate of drug-likeness (QED) is 0.571. The summed E-state index contributed by atoms with van der Waals surface area (Å²) in [6.07, 6.45) is -3.19. The van der Waals surface area contributed by atoms with Crippen molar-refractivity contribution in [2.45, 2.75) is 44.1 Å². The molecule has 2 aromatic heterocycles. The van der Waals surface area contributed by atoms with Crippen molar-refractivity contribution >= 4 is 23.2 Å². The molecule has 2 unspecified atom stereocenters. The SMILES string of the molecule is CC(C)(O)C(F)(F)Oc1ccc(-c2ccc(F)cn2)c2oc(N3CC4CC(C3)N4C(=O)O)nc12. The van der Waals surface area contributed by atoms with Gasteiger partial charge in [0.15, 0.2) is 22.5 Å². The van der Waals surface area contributed by atoms with Crippen LogP contribution < -0.4 is 9.64 Å². The second kappa shape index (κ2) is 7.49. The number of piperazine rings is 1. The summed E-state index contributed by atoms with van der Waals surface area (Å²) in [4.78, 5) is 22.9. The van der Waals surface area contributed by atoms with Gasteiger partial charge in [-0.1, -0.05) is 0 Å². The van der Waals surface area contributed by atoms with Crippen LogP contribution in [-0.2, 0) is 0 Å². The zero-order valence-corrected chi connectivity index (χ0v) is 18.2. The lowest BCUT2D eigenvalue weighted by Gasteiger charge is -2.54. The van der Waals surface area contributed by atoms with Gasteiger partial charge < -0.3 is 24.3 Å². The van der Waals surface area contributed by atoms with E-state index in [2.05, 4.69) is 9.97 Å². The molecule has 5 heterocycles. The molecule has 180 valence electrons. The first-order valence-corrected chi connectivity index (χ1v) is 10.6. The summed E-state index contributed by atoms with van der Waals surface area (Å²) in [7, 11) is 0. The van der Waals surface area contributed by atoms with Crippen molar-refractivity contribution in [2.75, 3.05) is 18.0 Å². The predicted molar refractivity (Wildman–Crippen MR) is 113 cm³/mol. The number of halogens is 3. The summed E-state index contributed by atoms with van der Waals surface area (Å²) in [5.41, 5.74) is -1.71. The molecule has 0 radical (unpaired) electrons. The number of aliphatic hydroxyl groups is 1. The molecule has 3 aliphatic heterocycles. The summed E-state index contributed by atoms with van der Waals surface area (Å²) >= 11 is 0. The maximum atomic E-state index is 14.5. The number of carbonyl (C=O) groups is 1. The molecule has 0 spiro atoms. The zero-order valence-electron chi connectivity index (χ0n) is 18.2. The molecule has 0 saturated carbocycles. The first-order chi connectivity index (χ1) is 15.9. The molecule has 2 atom stereocenters. The second-order valence-corrected chi connectivity index (χ2v) is 8.96. The lowest BCUT2D eigenvalue weighted by atomic mass is 9.88. The van der Waals surface area contributed by atoms with Gasteiger partial charge in [0.1, 0.15) is 5.82 Å². The number of alkyl halides is 2. The molecule has 2 bridgehead atoms. The van der Waals surface area contributed by atoms with E-state index in [0.29, 0.717) is 24.3 Å². The highest BCUT2D eigenvalue weighted by molar-refractivity contribution is 5.94. The van der Waals surface area contributed by atoms with Gasteiger partial charge in [-0.05, 0) is 44.5 Å². The number of pyridine rings is 1. The number of aromatic nitrogens is 2. The summed E-state index contributed by atoms with van der Waals surface area (Å²) in [5.74, 6) is -0.865. The van der Waals surface area contributed by atoms with Crippen LogP contribution in [0.15, 0.2) is 34.9 Å². The lowest BCUT2D eigenvalue weighted by molar-refractivity contribution is -0.275. The summed E-state index contributed by atoms with van der Waals surface area (Å²) < 4.78 is 53.2. The average molecular weight is 478 g/mol. The Labute approximate surface area is 191 Å². The van der Waals surface area contributed by atoms with Crippen molar-refractivity contribution in [3.05, 3.63) is 36.3 Å². The van der Waals surface area contributed by atoms with E-state index >= 15 is 0 Å². The molecule has 3 fully saturated rings. The van der Waals surface area contributed by atoms with E-state index in [1.54, 1.807) is 4.90 Å². The molecule has 1 aromatic carbocycles. The number of carboxylic acid groups (broad SMARTS) is 1. The Morgan fingerprint density at radius 3 is 2.50 bits per heavy atom. The Kier molecular flexibility index (Phi) is 4.90. The molecule has 1 amide bonds. The van der Waals surface area contributed by atoms with E-state index in [9.17, 15) is 28.2 Å². The number of anilines is 1. The van der Waals surface area contributed by atoms with E-state index in [0.717, 1.165) is 26.5 Å². The summed E-state index contributed by atoms with van der Waals surface area (Å²) in [6.45, 7) is 2.50. The van der Waals surface area contributed by atoms with Crippen LogP contribution >= 0.6 is 0 Å². The van der Waals surface area contributed by atoms with Crippen LogP contribution in [0.2, 0.25) is 0 Å². The fourth-order valence-electron chi connectivity index (χ4n) is 4.27. The van der Waals surface area contributed by atoms with E-state index < -0.39 is 23.6 Å². The van der Waals surface area contributed by atoms with Crippen LogP contribution in [0.4, 0.5) is 24.0 Å². The number of nitrogens with zero attached hydrogens (tertiary/aromatic N) is 4. The topological polar surface area (TPSA) is 112 Å². The molecule has 0 aliphatic carbocycles. The normalized spacial score (nSPS) is 20.4. The Morgan fingerprint density at radius 2 is 1.91 bits per heavy atom. The summed E-state index contributed by atoms with van der Waals surface area (Å²) in [5, 5.41) is 19.2.